The minimum absolute atomic E-state index is 0.0766. The number of nitrogens with one attached hydrogen (secondary N) is 1. The molecule has 102 valence electrons. The van der Waals surface area contributed by atoms with Gasteiger partial charge >= 0.3 is 5.69 Å². The Kier molecular flexibility index (Phi) is 3.85. The molecule has 1 aromatic carbocycles. The molecule has 5 nitrogen and oxygen atoms in total. The zero-order valence-electron chi connectivity index (χ0n) is 11.7. The average Bonchev–Trinajstić information content (AvgIpc) is 2.70. The Morgan fingerprint density at radius 3 is 2.68 bits per heavy atom. The number of benzene rings is 1. The van der Waals surface area contributed by atoms with Crippen LogP contribution in [0.3, 0.4) is 0 Å². The molecule has 1 heterocycles. The average molecular weight is 261 g/mol. The number of aryl methyl sites for hydroxylation is 1. The van der Waals surface area contributed by atoms with Crippen LogP contribution in [0.5, 0.6) is 0 Å². The fraction of sp³-hybridized carbons (Fsp3) is 0.429. The number of hydrogen-bond donors (Lipinski definition) is 1. The van der Waals surface area contributed by atoms with Gasteiger partial charge in [-0.25, -0.2) is 14.5 Å². The van der Waals surface area contributed by atoms with E-state index < -0.39 is 0 Å². The van der Waals surface area contributed by atoms with Crippen LogP contribution in [0.25, 0.3) is 5.69 Å². The first-order valence-corrected chi connectivity index (χ1v) is 6.39. The Labute approximate surface area is 112 Å². The van der Waals surface area contributed by atoms with Crippen LogP contribution >= 0.6 is 0 Å². The van der Waals surface area contributed by atoms with Crippen LogP contribution in [-0.4, -0.2) is 20.9 Å². The number of H-pyrrole nitrogens is 1. The molecule has 0 bridgehead atoms. The standard InChI is InChI=1S/C14H19N3O2/c1-9(2)19-11(4)13-15-16-14(18)17(13)12-7-5-6-10(3)8-12/h5-9,11H,1-4H3,(H,16,18)/t11-/m1/s1. The molecule has 0 aliphatic rings. The predicted molar refractivity (Wildman–Crippen MR) is 73.6 cm³/mol. The highest BCUT2D eigenvalue weighted by Crippen LogP contribution is 2.18. The van der Waals surface area contributed by atoms with E-state index in [0.717, 1.165) is 11.3 Å². The first-order valence-electron chi connectivity index (χ1n) is 6.39. The van der Waals surface area contributed by atoms with Gasteiger partial charge in [-0.1, -0.05) is 12.1 Å². The summed E-state index contributed by atoms with van der Waals surface area (Å²) in [5.41, 5.74) is 1.64. The van der Waals surface area contributed by atoms with E-state index in [1.807, 2.05) is 52.0 Å². The van der Waals surface area contributed by atoms with Gasteiger partial charge in [-0.3, -0.25) is 0 Å². The van der Waals surface area contributed by atoms with Crippen LogP contribution in [0.1, 0.15) is 38.3 Å². The molecule has 5 heteroatoms. The van der Waals surface area contributed by atoms with Crippen molar-refractivity contribution in [2.75, 3.05) is 0 Å². The van der Waals surface area contributed by atoms with Gasteiger partial charge in [0.25, 0.3) is 0 Å². The first kappa shape index (κ1) is 13.5. The zero-order chi connectivity index (χ0) is 14.0. The zero-order valence-corrected chi connectivity index (χ0v) is 11.7. The van der Waals surface area contributed by atoms with E-state index in [-0.39, 0.29) is 17.9 Å². The second-order valence-corrected chi connectivity index (χ2v) is 4.89. The molecule has 1 aromatic heterocycles. The minimum Gasteiger partial charge on any atom is -0.368 e. The molecule has 0 radical (unpaired) electrons. The number of rotatable bonds is 4. The molecular formula is C14H19N3O2. The Morgan fingerprint density at radius 1 is 1.32 bits per heavy atom. The van der Waals surface area contributed by atoms with E-state index in [2.05, 4.69) is 10.2 Å². The van der Waals surface area contributed by atoms with E-state index >= 15 is 0 Å². The second kappa shape index (κ2) is 5.40. The molecule has 0 saturated heterocycles. The minimum atomic E-state index is -0.250. The number of hydrogen-bond acceptors (Lipinski definition) is 3. The predicted octanol–water partition coefficient (Wildman–Crippen LogP) is 2.36. The molecule has 0 saturated carbocycles. The fourth-order valence-corrected chi connectivity index (χ4v) is 2.07. The van der Waals surface area contributed by atoms with Crippen LogP contribution < -0.4 is 5.69 Å². The van der Waals surface area contributed by atoms with Gasteiger partial charge in [-0.05, 0) is 45.4 Å². The van der Waals surface area contributed by atoms with Crippen molar-refractivity contribution in [1.82, 2.24) is 14.8 Å². The number of aromatic nitrogens is 3. The SMILES string of the molecule is Cc1cccc(-n2c([C@@H](C)OC(C)C)n[nH]c2=O)c1. The molecule has 1 atom stereocenters. The molecule has 2 aromatic rings. The van der Waals surface area contributed by atoms with Crippen molar-refractivity contribution in [3.05, 3.63) is 46.1 Å². The van der Waals surface area contributed by atoms with Crippen molar-refractivity contribution in [2.45, 2.75) is 39.9 Å². The normalized spacial score (nSPS) is 12.9. The molecule has 2 rings (SSSR count). The third-order valence-corrected chi connectivity index (χ3v) is 2.80. The van der Waals surface area contributed by atoms with E-state index in [0.29, 0.717) is 5.82 Å². The first-order chi connectivity index (χ1) is 8.99. The molecular weight excluding hydrogens is 242 g/mol. The summed E-state index contributed by atoms with van der Waals surface area (Å²) in [6.45, 7) is 7.79. The van der Waals surface area contributed by atoms with E-state index in [1.165, 1.54) is 0 Å². The van der Waals surface area contributed by atoms with Gasteiger partial charge in [0.2, 0.25) is 0 Å². The largest absolute Gasteiger partial charge is 0.368 e. The summed E-state index contributed by atoms with van der Waals surface area (Å²) in [5.74, 6) is 0.587. The summed E-state index contributed by atoms with van der Waals surface area (Å²) in [6.07, 6.45) is -0.174. The van der Waals surface area contributed by atoms with Gasteiger partial charge in [-0.2, -0.15) is 5.10 Å². The molecule has 0 fully saturated rings. The van der Waals surface area contributed by atoms with Crippen LogP contribution in [-0.2, 0) is 4.74 Å². The second-order valence-electron chi connectivity index (χ2n) is 4.89. The molecule has 1 N–H and O–H groups in total. The molecule has 0 amide bonds. The van der Waals surface area contributed by atoms with E-state index in [1.54, 1.807) is 4.57 Å². The van der Waals surface area contributed by atoms with Crippen LogP contribution in [0.2, 0.25) is 0 Å². The van der Waals surface area contributed by atoms with Crippen LogP contribution in [0.4, 0.5) is 0 Å². The maximum absolute atomic E-state index is 11.9. The third-order valence-electron chi connectivity index (χ3n) is 2.80. The third kappa shape index (κ3) is 2.93. The lowest BCUT2D eigenvalue weighted by Gasteiger charge is -2.16. The van der Waals surface area contributed by atoms with Crippen LogP contribution in [0.15, 0.2) is 29.1 Å². The van der Waals surface area contributed by atoms with Gasteiger partial charge in [0, 0.05) is 0 Å². The van der Waals surface area contributed by atoms with Crippen molar-refractivity contribution in [1.29, 1.82) is 0 Å². The smallest absolute Gasteiger partial charge is 0.348 e. The van der Waals surface area contributed by atoms with Crippen molar-refractivity contribution >= 4 is 0 Å². The summed E-state index contributed by atoms with van der Waals surface area (Å²) in [5, 5.41) is 6.56. The summed E-state index contributed by atoms with van der Waals surface area (Å²) < 4.78 is 7.26. The number of aromatic amines is 1. The summed E-state index contributed by atoms with van der Waals surface area (Å²) in [4.78, 5) is 11.9. The highest BCUT2D eigenvalue weighted by Gasteiger charge is 2.18. The van der Waals surface area contributed by atoms with Gasteiger partial charge in [0.15, 0.2) is 5.82 Å². The Morgan fingerprint density at radius 2 is 2.05 bits per heavy atom. The van der Waals surface area contributed by atoms with Gasteiger partial charge < -0.3 is 4.74 Å². The van der Waals surface area contributed by atoms with E-state index in [4.69, 9.17) is 4.74 Å². The van der Waals surface area contributed by atoms with Gasteiger partial charge in [-0.15, -0.1) is 0 Å². The maximum Gasteiger partial charge on any atom is 0.348 e. The number of nitrogens with zero attached hydrogens (tertiary/aromatic N) is 2. The summed E-state index contributed by atoms with van der Waals surface area (Å²) in [6, 6.07) is 7.74. The van der Waals surface area contributed by atoms with Crippen molar-refractivity contribution < 1.29 is 4.74 Å². The highest BCUT2D eigenvalue weighted by atomic mass is 16.5. The lowest BCUT2D eigenvalue weighted by Crippen LogP contribution is -2.20. The van der Waals surface area contributed by atoms with Gasteiger partial charge in [0.05, 0.1) is 11.8 Å². The Bertz CT molecular complexity index is 613. The molecule has 0 aliphatic heterocycles. The maximum atomic E-state index is 11.9. The van der Waals surface area contributed by atoms with Crippen LogP contribution in [0, 0.1) is 6.92 Å². The van der Waals surface area contributed by atoms with E-state index in [9.17, 15) is 4.79 Å². The van der Waals surface area contributed by atoms with Crippen molar-refractivity contribution in [2.24, 2.45) is 0 Å². The topological polar surface area (TPSA) is 59.9 Å². The molecule has 0 unspecified atom stereocenters. The van der Waals surface area contributed by atoms with Crippen molar-refractivity contribution in [3.8, 4) is 5.69 Å². The van der Waals surface area contributed by atoms with Crippen molar-refractivity contribution in [3.63, 3.8) is 0 Å². The highest BCUT2D eigenvalue weighted by molar-refractivity contribution is 5.36. The Hall–Kier alpha value is -1.88. The number of ether oxygens (including phenoxy) is 1. The lowest BCUT2D eigenvalue weighted by atomic mass is 10.2. The molecule has 0 aliphatic carbocycles. The summed E-state index contributed by atoms with van der Waals surface area (Å²) in [7, 11) is 0. The fourth-order valence-electron chi connectivity index (χ4n) is 2.07. The molecule has 19 heavy (non-hydrogen) atoms. The lowest BCUT2D eigenvalue weighted by molar-refractivity contribution is 0.0118. The quantitative estimate of drug-likeness (QED) is 0.919. The monoisotopic (exact) mass is 261 g/mol. The summed E-state index contributed by atoms with van der Waals surface area (Å²) >= 11 is 0. The Balaban J connectivity index is 2.46. The van der Waals surface area contributed by atoms with Gasteiger partial charge in [0.1, 0.15) is 6.10 Å². The molecule has 0 spiro atoms.